The minimum Gasteiger partial charge on any atom is -0.508 e. The van der Waals surface area contributed by atoms with Crippen LogP contribution in [0.3, 0.4) is 0 Å². The highest BCUT2D eigenvalue weighted by Gasteiger charge is 2.00. The predicted molar refractivity (Wildman–Crippen MR) is 96.3 cm³/mol. The Labute approximate surface area is 139 Å². The van der Waals surface area contributed by atoms with Crippen LogP contribution in [0.1, 0.15) is 5.56 Å². The Hall–Kier alpha value is -3.34. The number of benzene rings is 3. The van der Waals surface area contributed by atoms with Crippen molar-refractivity contribution in [2.24, 2.45) is 5.10 Å². The molecule has 3 N–H and O–H groups in total. The second-order valence-electron chi connectivity index (χ2n) is 5.30. The minimum absolute atomic E-state index is 0.121. The van der Waals surface area contributed by atoms with Crippen molar-refractivity contribution < 1.29 is 9.90 Å². The van der Waals surface area contributed by atoms with Crippen LogP contribution in [-0.2, 0) is 4.79 Å². The van der Waals surface area contributed by atoms with Gasteiger partial charge in [0.05, 0.1) is 12.8 Å². The SMILES string of the molecule is O=C(CNc1ccc2ccccc2c1)N/N=C/c1cccc(O)c1. The van der Waals surface area contributed by atoms with Gasteiger partial charge in [-0.3, -0.25) is 4.79 Å². The number of aromatic hydroxyl groups is 1. The largest absolute Gasteiger partial charge is 0.508 e. The maximum Gasteiger partial charge on any atom is 0.259 e. The van der Waals surface area contributed by atoms with Gasteiger partial charge in [-0.25, -0.2) is 5.43 Å². The molecular weight excluding hydrogens is 302 g/mol. The number of hydrazone groups is 1. The molecule has 120 valence electrons. The van der Waals surface area contributed by atoms with Crippen LogP contribution in [0.4, 0.5) is 5.69 Å². The summed E-state index contributed by atoms with van der Waals surface area (Å²) in [4.78, 5) is 11.8. The highest BCUT2D eigenvalue weighted by atomic mass is 16.3. The smallest absolute Gasteiger partial charge is 0.259 e. The monoisotopic (exact) mass is 319 g/mol. The molecule has 5 nitrogen and oxygen atoms in total. The van der Waals surface area contributed by atoms with Crippen LogP contribution in [0.5, 0.6) is 5.75 Å². The average molecular weight is 319 g/mol. The number of nitrogens with one attached hydrogen (secondary N) is 2. The van der Waals surface area contributed by atoms with Crippen LogP contribution < -0.4 is 10.7 Å². The quantitative estimate of drug-likeness (QED) is 0.500. The number of rotatable bonds is 5. The molecule has 0 bridgehead atoms. The van der Waals surface area contributed by atoms with Gasteiger partial charge in [0.25, 0.3) is 5.91 Å². The van der Waals surface area contributed by atoms with Gasteiger partial charge in [-0.1, -0.05) is 42.5 Å². The molecule has 0 aliphatic carbocycles. The van der Waals surface area contributed by atoms with E-state index in [-0.39, 0.29) is 18.2 Å². The number of hydrogen-bond acceptors (Lipinski definition) is 4. The molecule has 0 unspecified atom stereocenters. The van der Waals surface area contributed by atoms with Gasteiger partial charge < -0.3 is 10.4 Å². The molecule has 0 spiro atoms. The summed E-state index contributed by atoms with van der Waals surface area (Å²) < 4.78 is 0. The van der Waals surface area contributed by atoms with E-state index in [0.717, 1.165) is 16.5 Å². The fourth-order valence-electron chi connectivity index (χ4n) is 2.31. The second-order valence-corrected chi connectivity index (χ2v) is 5.30. The van der Waals surface area contributed by atoms with Gasteiger partial charge in [-0.15, -0.1) is 0 Å². The van der Waals surface area contributed by atoms with E-state index >= 15 is 0 Å². The fraction of sp³-hybridized carbons (Fsp3) is 0.0526. The van der Waals surface area contributed by atoms with E-state index in [0.29, 0.717) is 5.56 Å². The Morgan fingerprint density at radius 2 is 1.83 bits per heavy atom. The molecule has 0 saturated carbocycles. The number of anilines is 1. The lowest BCUT2D eigenvalue weighted by Crippen LogP contribution is -2.25. The fourth-order valence-corrected chi connectivity index (χ4v) is 2.31. The van der Waals surface area contributed by atoms with E-state index in [9.17, 15) is 9.90 Å². The summed E-state index contributed by atoms with van der Waals surface area (Å²) in [6.07, 6.45) is 1.48. The summed E-state index contributed by atoms with van der Waals surface area (Å²) in [6.45, 7) is 0.121. The number of carbonyl (C=O) groups excluding carboxylic acids is 1. The van der Waals surface area contributed by atoms with E-state index in [1.165, 1.54) is 6.21 Å². The Balaban J connectivity index is 1.53. The van der Waals surface area contributed by atoms with Gasteiger partial charge >= 0.3 is 0 Å². The first-order valence-corrected chi connectivity index (χ1v) is 7.54. The zero-order valence-corrected chi connectivity index (χ0v) is 12.9. The molecule has 0 aromatic heterocycles. The first kappa shape index (κ1) is 15.6. The van der Waals surface area contributed by atoms with Crippen LogP contribution >= 0.6 is 0 Å². The normalized spacial score (nSPS) is 10.8. The Morgan fingerprint density at radius 1 is 1.00 bits per heavy atom. The van der Waals surface area contributed by atoms with Crippen LogP contribution in [0.2, 0.25) is 0 Å². The highest BCUT2D eigenvalue weighted by molar-refractivity contribution is 5.87. The summed E-state index contributed by atoms with van der Waals surface area (Å²) in [5, 5.41) is 18.6. The van der Waals surface area contributed by atoms with Crippen molar-refractivity contribution in [2.45, 2.75) is 0 Å². The number of carbonyl (C=O) groups is 1. The van der Waals surface area contributed by atoms with Gasteiger partial charge in [0.2, 0.25) is 0 Å². The van der Waals surface area contributed by atoms with Crippen molar-refractivity contribution in [3.8, 4) is 5.75 Å². The van der Waals surface area contributed by atoms with E-state index in [1.807, 2.05) is 42.5 Å². The zero-order chi connectivity index (χ0) is 16.8. The topological polar surface area (TPSA) is 73.7 Å². The first-order chi connectivity index (χ1) is 11.7. The summed E-state index contributed by atoms with van der Waals surface area (Å²) >= 11 is 0. The molecular formula is C19H17N3O2. The lowest BCUT2D eigenvalue weighted by Gasteiger charge is -2.06. The lowest BCUT2D eigenvalue weighted by molar-refractivity contribution is -0.119. The van der Waals surface area contributed by atoms with Crippen molar-refractivity contribution in [2.75, 3.05) is 11.9 Å². The molecule has 0 radical (unpaired) electrons. The van der Waals surface area contributed by atoms with Crippen molar-refractivity contribution in [3.05, 3.63) is 72.3 Å². The summed E-state index contributed by atoms with van der Waals surface area (Å²) in [6, 6.07) is 20.6. The predicted octanol–water partition coefficient (Wildman–Crippen LogP) is 3.11. The van der Waals surface area contributed by atoms with E-state index < -0.39 is 0 Å². The summed E-state index contributed by atoms with van der Waals surface area (Å²) in [7, 11) is 0. The van der Waals surface area contributed by atoms with Crippen molar-refractivity contribution in [1.82, 2.24) is 5.43 Å². The van der Waals surface area contributed by atoms with Crippen molar-refractivity contribution >= 4 is 28.6 Å². The molecule has 0 aliphatic heterocycles. The van der Waals surface area contributed by atoms with Crippen molar-refractivity contribution in [3.63, 3.8) is 0 Å². The van der Waals surface area contributed by atoms with E-state index in [1.54, 1.807) is 24.3 Å². The third kappa shape index (κ3) is 4.10. The van der Waals surface area contributed by atoms with Gasteiger partial charge in [-0.2, -0.15) is 5.10 Å². The molecule has 24 heavy (non-hydrogen) atoms. The van der Waals surface area contributed by atoms with Crippen molar-refractivity contribution in [1.29, 1.82) is 0 Å². The van der Waals surface area contributed by atoms with Crippen LogP contribution in [0, 0.1) is 0 Å². The molecule has 0 heterocycles. The number of amides is 1. The molecule has 3 rings (SSSR count). The summed E-state index contributed by atoms with van der Waals surface area (Å²) in [5.41, 5.74) is 4.03. The molecule has 0 fully saturated rings. The number of fused-ring (bicyclic) bond motifs is 1. The number of hydrogen-bond donors (Lipinski definition) is 3. The maximum atomic E-state index is 11.8. The standard InChI is InChI=1S/C19H17N3O2/c23-18-7-3-4-14(10-18)12-21-22-19(24)13-20-17-9-8-15-5-1-2-6-16(15)11-17/h1-12,20,23H,13H2,(H,22,24)/b21-12+. The minimum atomic E-state index is -0.250. The van der Waals surface area contributed by atoms with Gasteiger partial charge in [0, 0.05) is 5.69 Å². The third-order valence-corrected chi connectivity index (χ3v) is 3.48. The molecule has 5 heteroatoms. The van der Waals surface area contributed by atoms with Crippen LogP contribution in [0.15, 0.2) is 71.8 Å². The molecule has 3 aromatic rings. The number of nitrogens with zero attached hydrogens (tertiary/aromatic N) is 1. The Bertz CT molecular complexity index is 890. The lowest BCUT2D eigenvalue weighted by atomic mass is 10.1. The Kier molecular flexibility index (Phi) is 4.72. The Morgan fingerprint density at radius 3 is 2.67 bits per heavy atom. The highest BCUT2D eigenvalue weighted by Crippen LogP contribution is 2.18. The second kappa shape index (κ2) is 7.28. The number of phenolic OH excluding ortho intramolecular Hbond substituents is 1. The molecule has 0 saturated heterocycles. The van der Waals surface area contributed by atoms with Gasteiger partial charge in [-0.05, 0) is 40.6 Å². The molecule has 3 aromatic carbocycles. The third-order valence-electron chi connectivity index (χ3n) is 3.48. The molecule has 1 amide bonds. The first-order valence-electron chi connectivity index (χ1n) is 7.54. The molecule has 0 atom stereocenters. The van der Waals surface area contributed by atoms with E-state index in [2.05, 4.69) is 15.8 Å². The van der Waals surface area contributed by atoms with Gasteiger partial charge in [0.1, 0.15) is 5.75 Å². The van der Waals surface area contributed by atoms with Crippen LogP contribution in [-0.4, -0.2) is 23.8 Å². The molecule has 0 aliphatic rings. The average Bonchev–Trinajstić information content (AvgIpc) is 2.60. The van der Waals surface area contributed by atoms with E-state index in [4.69, 9.17) is 0 Å². The number of phenols is 1. The zero-order valence-electron chi connectivity index (χ0n) is 12.9. The van der Waals surface area contributed by atoms with Crippen LogP contribution in [0.25, 0.3) is 10.8 Å². The maximum absolute atomic E-state index is 11.8. The summed E-state index contributed by atoms with van der Waals surface area (Å²) in [5.74, 6) is -0.0946. The van der Waals surface area contributed by atoms with Gasteiger partial charge in [0.15, 0.2) is 0 Å².